The Bertz CT molecular complexity index is 80.6. The van der Waals surface area contributed by atoms with Gasteiger partial charge in [-0.25, -0.2) is 0 Å². The van der Waals surface area contributed by atoms with E-state index in [2.05, 4.69) is 111 Å². The van der Waals surface area contributed by atoms with Gasteiger partial charge in [0.25, 0.3) is 0 Å². The first-order valence-electron chi connectivity index (χ1n) is 32.3. The number of rotatable bonds is 6. The third-order valence-electron chi connectivity index (χ3n) is 2.41. The molecule has 0 spiro atoms. The van der Waals surface area contributed by atoms with Crippen LogP contribution in [0.25, 0.3) is 0 Å². The molecule has 0 nitrogen and oxygen atoms in total. The zero-order valence-electron chi connectivity index (χ0n) is 61.9. The minimum absolute atomic E-state index is 1.25. The van der Waals surface area contributed by atoms with Gasteiger partial charge in [0, 0.05) is 0 Å². The van der Waals surface area contributed by atoms with Crippen LogP contribution in [-0.2, 0) is 0 Å². The summed E-state index contributed by atoms with van der Waals surface area (Å²) in [6.45, 7) is 107. The molecule has 0 saturated carbocycles. The third-order valence-corrected chi connectivity index (χ3v) is 2.41. The topological polar surface area (TPSA) is 0 Å². The summed E-state index contributed by atoms with van der Waals surface area (Å²) < 4.78 is 0. The molecule has 448 valence electrons. The van der Waals surface area contributed by atoms with Crippen molar-refractivity contribution in [3.05, 3.63) is 0 Å². The van der Waals surface area contributed by atoms with Gasteiger partial charge in [0.05, 0.1) is 0 Å². The highest BCUT2D eigenvalue weighted by Gasteiger charge is 1.68. The van der Waals surface area contributed by atoms with Gasteiger partial charge in [-0.2, -0.15) is 0 Å². The Labute approximate surface area is 448 Å². The molecule has 0 heterocycles. The Morgan fingerprint density at radius 1 is 0.106 bits per heavy atom. The molecule has 0 aliphatic heterocycles. The number of hydrogen-bond acceptors (Lipinski definition) is 0. The maximum atomic E-state index is 2.21. The average Bonchev–Trinajstić information content (AvgIpc) is 3.46. The summed E-state index contributed by atoms with van der Waals surface area (Å²) in [4.78, 5) is 0. The Balaban J connectivity index is -0.0000000106. The molecule has 0 amide bonds. The Morgan fingerprint density at radius 3 is 0.152 bits per heavy atom. The summed E-state index contributed by atoms with van der Waals surface area (Å²) in [6.07, 6.45) is 18.4. The van der Waals surface area contributed by atoms with Crippen LogP contribution >= 0.6 is 0 Å². The zero-order valence-corrected chi connectivity index (χ0v) is 61.9. The number of unbranched alkanes of at least 4 members (excludes halogenated alkanes) is 6. The van der Waals surface area contributed by atoms with Crippen molar-refractivity contribution in [2.75, 3.05) is 0 Å². The molecular weight excluding hydrogens is 793 g/mol. The van der Waals surface area contributed by atoms with Crippen molar-refractivity contribution in [1.82, 2.24) is 0 Å². The summed E-state index contributed by atoms with van der Waals surface area (Å²) in [5, 5.41) is 0. The van der Waals surface area contributed by atoms with Gasteiger partial charge in [0.15, 0.2) is 0 Å². The van der Waals surface area contributed by atoms with E-state index in [0.29, 0.717) is 0 Å². The normalized spacial score (nSPS) is 4.91. The zero-order chi connectivity index (χ0) is 61.9. The molecular formula is C66H184. The van der Waals surface area contributed by atoms with E-state index in [-0.39, 0.29) is 0 Å². The van der Waals surface area contributed by atoms with E-state index >= 15 is 0 Å². The summed E-state index contributed by atoms with van der Waals surface area (Å²) in [5.74, 6) is 0. The molecule has 0 fully saturated rings. The molecule has 0 N–H and O–H groups in total. The lowest BCUT2D eigenvalue weighted by Gasteiger charge is -1.79. The average molecular weight is 978 g/mol. The van der Waals surface area contributed by atoms with Crippen LogP contribution in [0.3, 0.4) is 0 Å². The minimum atomic E-state index is 1.25. The standard InChI is InChI=1S/2C5H12.2C4H10.4C3H8.18C2H6/c2*1-3-5-4-2;2*1-3-4-2;4*1-3-2;18*1-2/h2*3-5H2,1-2H3;2*3-4H2,1-2H3;4*3H2,1-2H3;18*1-2H3. The first-order valence-corrected chi connectivity index (χ1v) is 32.3. The van der Waals surface area contributed by atoms with Crippen LogP contribution < -0.4 is 0 Å². The molecule has 0 unspecified atom stereocenters. The SMILES string of the molecule is CC.CC.CC.CC.CC.CC.CC.CC.CC.CC.CC.CC.CC.CC.CC.CC.CC.CC.CCC.CCC.CCC.CCC.CCCC.CCCC.CCCCC.CCCCC. The Morgan fingerprint density at radius 2 is 0.152 bits per heavy atom. The predicted octanol–water partition coefficient (Wildman–Crippen LogP) is 32.1. The lowest BCUT2D eigenvalue weighted by Crippen LogP contribution is -1.59. The second-order valence-electron chi connectivity index (χ2n) is 7.54. The molecule has 0 aromatic rings. The van der Waals surface area contributed by atoms with E-state index in [1.165, 1.54) is 89.9 Å². The second kappa shape index (κ2) is 1360. The maximum absolute atomic E-state index is 2.21. The molecule has 0 radical (unpaired) electrons. The lowest BCUT2D eigenvalue weighted by atomic mass is 10.3. The minimum Gasteiger partial charge on any atom is -0.0683 e. The van der Waals surface area contributed by atoms with E-state index in [9.17, 15) is 0 Å². The van der Waals surface area contributed by atoms with Crippen LogP contribution in [-0.4, -0.2) is 0 Å². The van der Waals surface area contributed by atoms with Crippen molar-refractivity contribution in [2.24, 2.45) is 0 Å². The fraction of sp³-hybridized carbons (Fsp3) is 1.00. The molecule has 0 rings (SSSR count). The second-order valence-corrected chi connectivity index (χ2v) is 7.54. The summed E-state index contributed by atoms with van der Waals surface area (Å²) in [6, 6.07) is 0. The molecule has 66 heavy (non-hydrogen) atoms. The molecule has 0 aliphatic rings. The molecule has 0 atom stereocenters. The van der Waals surface area contributed by atoms with E-state index in [4.69, 9.17) is 0 Å². The van der Waals surface area contributed by atoms with Crippen molar-refractivity contribution in [1.29, 1.82) is 0 Å². The van der Waals surface area contributed by atoms with E-state index in [1.807, 2.05) is 249 Å². The fourth-order valence-corrected chi connectivity index (χ4v) is 0.707. The summed E-state index contributed by atoms with van der Waals surface area (Å²) in [5.41, 5.74) is 0. The van der Waals surface area contributed by atoms with Crippen molar-refractivity contribution >= 4 is 0 Å². The molecule has 0 bridgehead atoms. The first kappa shape index (κ1) is 174. The Kier molecular flexibility index (Phi) is 3590. The Hall–Kier alpha value is 0. The lowest BCUT2D eigenvalue weighted by molar-refractivity contribution is 0.772. The summed E-state index contributed by atoms with van der Waals surface area (Å²) >= 11 is 0. The van der Waals surface area contributed by atoms with Crippen LogP contribution in [0.1, 0.15) is 450 Å². The van der Waals surface area contributed by atoms with Crippen LogP contribution in [0.4, 0.5) is 0 Å². The van der Waals surface area contributed by atoms with Crippen molar-refractivity contribution in [3.63, 3.8) is 0 Å². The molecule has 0 aromatic carbocycles. The quantitative estimate of drug-likeness (QED) is 0.249. The molecule has 0 aromatic heterocycles. The maximum Gasteiger partial charge on any atom is -0.0538 e. The third kappa shape index (κ3) is 7060. The smallest absolute Gasteiger partial charge is 0.0538 e. The number of hydrogen-bond donors (Lipinski definition) is 0. The van der Waals surface area contributed by atoms with E-state index < -0.39 is 0 Å². The van der Waals surface area contributed by atoms with Gasteiger partial charge in [-0.1, -0.05) is 450 Å². The summed E-state index contributed by atoms with van der Waals surface area (Å²) in [7, 11) is 0. The van der Waals surface area contributed by atoms with E-state index in [1.54, 1.807) is 0 Å². The van der Waals surface area contributed by atoms with Crippen molar-refractivity contribution < 1.29 is 0 Å². The van der Waals surface area contributed by atoms with Crippen LogP contribution in [0.2, 0.25) is 0 Å². The van der Waals surface area contributed by atoms with Gasteiger partial charge in [-0.15, -0.1) is 0 Å². The predicted molar refractivity (Wildman–Crippen MR) is 360 cm³/mol. The highest BCUT2D eigenvalue weighted by Crippen LogP contribution is 1.88. The fourth-order valence-electron chi connectivity index (χ4n) is 0.707. The van der Waals surface area contributed by atoms with Crippen LogP contribution in [0.15, 0.2) is 0 Å². The highest BCUT2D eigenvalue weighted by atomic mass is 13.8. The highest BCUT2D eigenvalue weighted by molar-refractivity contribution is 4.24. The van der Waals surface area contributed by atoms with E-state index in [0.717, 1.165) is 0 Å². The van der Waals surface area contributed by atoms with Crippen molar-refractivity contribution in [2.45, 2.75) is 450 Å². The monoisotopic (exact) mass is 977 g/mol. The molecule has 0 saturated heterocycles. The van der Waals surface area contributed by atoms with Crippen LogP contribution in [0.5, 0.6) is 0 Å². The molecule has 0 heteroatoms. The van der Waals surface area contributed by atoms with Gasteiger partial charge >= 0.3 is 0 Å². The van der Waals surface area contributed by atoms with Crippen molar-refractivity contribution in [3.8, 4) is 0 Å². The van der Waals surface area contributed by atoms with Gasteiger partial charge < -0.3 is 0 Å². The van der Waals surface area contributed by atoms with Gasteiger partial charge in [0.1, 0.15) is 0 Å². The molecule has 0 aliphatic carbocycles. The first-order chi connectivity index (χ1) is 32.3. The van der Waals surface area contributed by atoms with Gasteiger partial charge in [-0.05, 0) is 0 Å². The van der Waals surface area contributed by atoms with Crippen LogP contribution in [0, 0.1) is 0 Å². The largest absolute Gasteiger partial charge is 0.0683 e. The van der Waals surface area contributed by atoms with Gasteiger partial charge in [-0.3, -0.25) is 0 Å². The van der Waals surface area contributed by atoms with Gasteiger partial charge in [0.2, 0.25) is 0 Å².